The summed E-state index contributed by atoms with van der Waals surface area (Å²) in [5.41, 5.74) is 0.583. The van der Waals surface area contributed by atoms with E-state index in [4.69, 9.17) is 0 Å². The van der Waals surface area contributed by atoms with Gasteiger partial charge in [0.25, 0.3) is 5.91 Å². The number of thiophene rings is 1. The fraction of sp³-hybridized carbons (Fsp3) is 0.167. The highest BCUT2D eigenvalue weighted by molar-refractivity contribution is 9.10. The molecule has 0 atom stereocenters. The van der Waals surface area contributed by atoms with Crippen molar-refractivity contribution in [2.24, 2.45) is 0 Å². The summed E-state index contributed by atoms with van der Waals surface area (Å²) in [5, 5.41) is 4.91. The van der Waals surface area contributed by atoms with Crippen LogP contribution in [0.4, 0.5) is 0 Å². The van der Waals surface area contributed by atoms with E-state index in [2.05, 4.69) is 32.3 Å². The number of carbonyl (C=O) groups is 1. The van der Waals surface area contributed by atoms with Crippen LogP contribution in [-0.2, 0) is 6.42 Å². The standard InChI is InChI=1S/C12H11BrN2OS/c13-11-4-3-9(8-15-11)12(16)14-6-5-10-2-1-7-17-10/h1-4,7-8H,5-6H2,(H,14,16). The lowest BCUT2D eigenvalue weighted by molar-refractivity contribution is 0.0954. The molecular weight excluding hydrogens is 300 g/mol. The van der Waals surface area contributed by atoms with E-state index in [0.717, 1.165) is 11.0 Å². The first kappa shape index (κ1) is 12.3. The number of nitrogens with one attached hydrogen (secondary N) is 1. The summed E-state index contributed by atoms with van der Waals surface area (Å²) >= 11 is 4.93. The largest absolute Gasteiger partial charge is 0.352 e. The van der Waals surface area contributed by atoms with E-state index in [9.17, 15) is 4.79 Å². The van der Waals surface area contributed by atoms with Crippen LogP contribution in [0.25, 0.3) is 0 Å². The Balaban J connectivity index is 1.83. The molecule has 0 aliphatic carbocycles. The van der Waals surface area contributed by atoms with Crippen molar-refractivity contribution in [2.75, 3.05) is 6.54 Å². The molecule has 1 N–H and O–H groups in total. The van der Waals surface area contributed by atoms with Crippen molar-refractivity contribution in [2.45, 2.75) is 6.42 Å². The lowest BCUT2D eigenvalue weighted by atomic mass is 10.2. The summed E-state index contributed by atoms with van der Waals surface area (Å²) in [6.07, 6.45) is 2.43. The molecule has 2 aromatic heterocycles. The highest BCUT2D eigenvalue weighted by Crippen LogP contribution is 2.09. The van der Waals surface area contributed by atoms with Crippen molar-refractivity contribution < 1.29 is 4.79 Å². The Morgan fingerprint density at radius 2 is 2.29 bits per heavy atom. The van der Waals surface area contributed by atoms with E-state index < -0.39 is 0 Å². The minimum Gasteiger partial charge on any atom is -0.352 e. The van der Waals surface area contributed by atoms with Gasteiger partial charge in [0.1, 0.15) is 4.60 Å². The number of pyridine rings is 1. The molecule has 17 heavy (non-hydrogen) atoms. The fourth-order valence-corrected chi connectivity index (χ4v) is 2.31. The molecule has 0 radical (unpaired) electrons. The fourth-order valence-electron chi connectivity index (χ4n) is 1.37. The van der Waals surface area contributed by atoms with Crippen LogP contribution < -0.4 is 5.32 Å². The molecule has 0 bridgehead atoms. The van der Waals surface area contributed by atoms with Gasteiger partial charge in [-0.25, -0.2) is 4.98 Å². The third-order valence-corrected chi connectivity index (χ3v) is 3.63. The van der Waals surface area contributed by atoms with E-state index in [-0.39, 0.29) is 5.91 Å². The van der Waals surface area contributed by atoms with Crippen LogP contribution in [0.5, 0.6) is 0 Å². The van der Waals surface area contributed by atoms with E-state index in [0.29, 0.717) is 12.1 Å². The summed E-state index contributed by atoms with van der Waals surface area (Å²) in [7, 11) is 0. The number of carbonyl (C=O) groups excluding carboxylic acids is 1. The molecule has 0 aromatic carbocycles. The lowest BCUT2D eigenvalue weighted by Crippen LogP contribution is -2.25. The molecule has 88 valence electrons. The van der Waals surface area contributed by atoms with E-state index in [1.165, 1.54) is 4.88 Å². The highest BCUT2D eigenvalue weighted by Gasteiger charge is 2.05. The number of nitrogens with zero attached hydrogens (tertiary/aromatic N) is 1. The third-order valence-electron chi connectivity index (χ3n) is 2.23. The monoisotopic (exact) mass is 310 g/mol. The van der Waals surface area contributed by atoms with Crippen molar-refractivity contribution in [1.29, 1.82) is 0 Å². The van der Waals surface area contributed by atoms with Gasteiger partial charge in [0.2, 0.25) is 0 Å². The minimum atomic E-state index is -0.0819. The first-order valence-electron chi connectivity index (χ1n) is 5.18. The maximum atomic E-state index is 11.7. The number of rotatable bonds is 4. The first-order chi connectivity index (χ1) is 8.25. The molecular formula is C12H11BrN2OS. The summed E-state index contributed by atoms with van der Waals surface area (Å²) in [6.45, 7) is 0.648. The summed E-state index contributed by atoms with van der Waals surface area (Å²) in [6, 6.07) is 7.59. The molecule has 0 fully saturated rings. The van der Waals surface area contributed by atoms with Crippen LogP contribution in [0, 0.1) is 0 Å². The predicted octanol–water partition coefficient (Wildman–Crippen LogP) is 2.88. The number of amides is 1. The predicted molar refractivity (Wildman–Crippen MR) is 72.3 cm³/mol. The average molecular weight is 311 g/mol. The maximum Gasteiger partial charge on any atom is 0.252 e. The van der Waals surface area contributed by atoms with Gasteiger partial charge in [-0.05, 0) is 45.9 Å². The summed E-state index contributed by atoms with van der Waals surface area (Å²) in [5.74, 6) is -0.0819. The molecule has 0 aliphatic rings. The van der Waals surface area contributed by atoms with Crippen LogP contribution in [0.2, 0.25) is 0 Å². The second-order valence-electron chi connectivity index (χ2n) is 3.45. The van der Waals surface area contributed by atoms with E-state index in [1.807, 2.05) is 11.4 Å². The second-order valence-corrected chi connectivity index (χ2v) is 5.30. The van der Waals surface area contributed by atoms with Gasteiger partial charge in [-0.15, -0.1) is 11.3 Å². The molecule has 0 saturated carbocycles. The topological polar surface area (TPSA) is 42.0 Å². The lowest BCUT2D eigenvalue weighted by Gasteiger charge is -2.03. The Bertz CT molecular complexity index is 482. The molecule has 0 saturated heterocycles. The van der Waals surface area contributed by atoms with Gasteiger partial charge in [0, 0.05) is 17.6 Å². The zero-order valence-electron chi connectivity index (χ0n) is 9.02. The van der Waals surface area contributed by atoms with Crippen LogP contribution in [0.1, 0.15) is 15.2 Å². The van der Waals surface area contributed by atoms with Crippen LogP contribution in [-0.4, -0.2) is 17.4 Å². The Morgan fingerprint density at radius 3 is 2.94 bits per heavy atom. The summed E-state index contributed by atoms with van der Waals surface area (Å²) in [4.78, 5) is 17.0. The van der Waals surface area contributed by atoms with E-state index >= 15 is 0 Å². The maximum absolute atomic E-state index is 11.7. The average Bonchev–Trinajstić information content (AvgIpc) is 2.83. The van der Waals surface area contributed by atoms with Crippen molar-refractivity contribution in [3.8, 4) is 0 Å². The van der Waals surface area contributed by atoms with Crippen LogP contribution in [0.15, 0.2) is 40.4 Å². The van der Waals surface area contributed by atoms with E-state index in [1.54, 1.807) is 29.7 Å². The van der Waals surface area contributed by atoms with Crippen LogP contribution >= 0.6 is 27.3 Å². The normalized spacial score (nSPS) is 10.2. The third kappa shape index (κ3) is 3.64. The molecule has 1 amide bonds. The van der Waals surface area contributed by atoms with Gasteiger partial charge >= 0.3 is 0 Å². The SMILES string of the molecule is O=C(NCCc1cccs1)c1ccc(Br)nc1. The van der Waals surface area contributed by atoms with Crippen molar-refractivity contribution in [3.05, 3.63) is 50.9 Å². The van der Waals surface area contributed by atoms with Gasteiger partial charge < -0.3 is 5.32 Å². The number of hydrogen-bond acceptors (Lipinski definition) is 3. The van der Waals surface area contributed by atoms with Gasteiger partial charge in [0.15, 0.2) is 0 Å². The number of halogens is 1. The zero-order valence-corrected chi connectivity index (χ0v) is 11.4. The molecule has 3 nitrogen and oxygen atoms in total. The van der Waals surface area contributed by atoms with Crippen molar-refractivity contribution >= 4 is 33.2 Å². The Hall–Kier alpha value is -1.20. The Kier molecular flexibility index (Phi) is 4.28. The Morgan fingerprint density at radius 1 is 1.41 bits per heavy atom. The zero-order chi connectivity index (χ0) is 12.1. The number of aromatic nitrogens is 1. The molecule has 2 rings (SSSR count). The van der Waals surface area contributed by atoms with Gasteiger partial charge in [-0.1, -0.05) is 6.07 Å². The quantitative estimate of drug-likeness (QED) is 0.882. The summed E-state index contributed by atoms with van der Waals surface area (Å²) < 4.78 is 0.729. The number of hydrogen-bond donors (Lipinski definition) is 1. The van der Waals surface area contributed by atoms with Gasteiger partial charge in [-0.2, -0.15) is 0 Å². The van der Waals surface area contributed by atoms with Gasteiger partial charge in [0.05, 0.1) is 5.56 Å². The molecule has 5 heteroatoms. The van der Waals surface area contributed by atoms with Crippen molar-refractivity contribution in [3.63, 3.8) is 0 Å². The molecule has 0 unspecified atom stereocenters. The van der Waals surface area contributed by atoms with Gasteiger partial charge in [-0.3, -0.25) is 4.79 Å². The smallest absolute Gasteiger partial charge is 0.252 e. The molecule has 2 heterocycles. The first-order valence-corrected chi connectivity index (χ1v) is 6.85. The highest BCUT2D eigenvalue weighted by atomic mass is 79.9. The minimum absolute atomic E-state index is 0.0819. The molecule has 0 spiro atoms. The van der Waals surface area contributed by atoms with Crippen molar-refractivity contribution in [1.82, 2.24) is 10.3 Å². The second kappa shape index (κ2) is 5.93. The molecule has 0 aliphatic heterocycles. The molecule has 2 aromatic rings. The Labute approximate surface area is 112 Å². The van der Waals surface area contributed by atoms with Crippen LogP contribution in [0.3, 0.4) is 0 Å².